The highest BCUT2D eigenvalue weighted by Crippen LogP contribution is 2.19. The van der Waals surface area contributed by atoms with Gasteiger partial charge in [0.25, 0.3) is 6.41 Å². The molecule has 0 bridgehead atoms. The van der Waals surface area contributed by atoms with E-state index in [4.69, 9.17) is 19.6 Å². The summed E-state index contributed by atoms with van der Waals surface area (Å²) in [5.74, 6) is 0. The van der Waals surface area contributed by atoms with Gasteiger partial charge in [0.15, 0.2) is 0 Å². The van der Waals surface area contributed by atoms with Crippen LogP contribution in [0.25, 0.3) is 0 Å². The zero-order valence-corrected chi connectivity index (χ0v) is 13.1. The molecular formula is C13H29NO4. The van der Waals surface area contributed by atoms with Gasteiger partial charge in [0.05, 0.1) is 11.2 Å². The van der Waals surface area contributed by atoms with Crippen molar-refractivity contribution in [3.63, 3.8) is 0 Å². The number of nitrogens with zero attached hydrogens (tertiary/aromatic N) is 1. The molecule has 0 aliphatic heterocycles. The van der Waals surface area contributed by atoms with Crippen LogP contribution in [0.2, 0.25) is 0 Å². The molecule has 0 rings (SSSR count). The van der Waals surface area contributed by atoms with E-state index >= 15 is 0 Å². The van der Waals surface area contributed by atoms with Crippen molar-refractivity contribution >= 4 is 0 Å². The van der Waals surface area contributed by atoms with E-state index in [1.165, 1.54) is 0 Å². The Morgan fingerprint density at radius 1 is 0.833 bits per heavy atom. The Labute approximate surface area is 111 Å². The molecule has 0 radical (unpaired) electrons. The zero-order chi connectivity index (χ0) is 14.4. The summed E-state index contributed by atoms with van der Waals surface area (Å²) in [7, 11) is 3.66. The lowest BCUT2D eigenvalue weighted by molar-refractivity contribution is -0.522. The summed E-state index contributed by atoms with van der Waals surface area (Å²) in [6.45, 7) is 11.9. The maximum Gasteiger partial charge on any atom is 0.279 e. The minimum absolute atomic E-state index is 0.349. The minimum atomic E-state index is -0.693. The molecule has 0 aliphatic rings. The quantitative estimate of drug-likeness (QED) is 0.363. The molecule has 5 heteroatoms. The fourth-order valence-electron chi connectivity index (χ4n) is 0.649. The highest BCUT2D eigenvalue weighted by atomic mass is 17.3. The maximum atomic E-state index is 5.35. The molecular weight excluding hydrogens is 234 g/mol. The normalized spacial score (nSPS) is 13.7. The van der Waals surface area contributed by atoms with E-state index in [2.05, 4.69) is 0 Å². The van der Waals surface area contributed by atoms with Crippen LogP contribution in [0.5, 0.6) is 0 Å². The van der Waals surface area contributed by atoms with Crippen molar-refractivity contribution < 1.29 is 19.6 Å². The van der Waals surface area contributed by atoms with Crippen LogP contribution in [0.1, 0.15) is 54.4 Å². The van der Waals surface area contributed by atoms with E-state index in [1.807, 2.05) is 55.6 Å². The predicted octanol–water partition coefficient (Wildman–Crippen LogP) is 3.11. The molecule has 0 fully saturated rings. The van der Waals surface area contributed by atoms with Gasteiger partial charge in [-0.25, -0.2) is 9.78 Å². The van der Waals surface area contributed by atoms with E-state index < -0.39 is 6.41 Å². The first kappa shape index (κ1) is 17.8. The number of rotatable bonds is 9. The summed E-state index contributed by atoms with van der Waals surface area (Å²) in [4.78, 5) is 23.0. The van der Waals surface area contributed by atoms with Gasteiger partial charge >= 0.3 is 0 Å². The van der Waals surface area contributed by atoms with Crippen molar-refractivity contribution in [2.24, 2.45) is 0 Å². The third-order valence-electron chi connectivity index (χ3n) is 2.84. The van der Waals surface area contributed by atoms with Crippen molar-refractivity contribution in [3.05, 3.63) is 0 Å². The van der Waals surface area contributed by atoms with Gasteiger partial charge in [-0.05, 0) is 54.6 Å². The summed E-state index contributed by atoms with van der Waals surface area (Å²) in [6, 6.07) is 0. The van der Waals surface area contributed by atoms with Crippen molar-refractivity contribution in [1.82, 2.24) is 4.90 Å². The van der Waals surface area contributed by atoms with Crippen LogP contribution in [0.3, 0.4) is 0 Å². The molecule has 18 heavy (non-hydrogen) atoms. The second-order valence-electron chi connectivity index (χ2n) is 5.86. The SMILES string of the molecule is CCC(C)(C)OOC(OOC(C)(C)CC)N(C)C. The Bertz CT molecular complexity index is 209. The molecule has 0 aromatic rings. The molecule has 0 aliphatic carbocycles. The molecule has 0 amide bonds. The highest BCUT2D eigenvalue weighted by molar-refractivity contribution is 4.63. The van der Waals surface area contributed by atoms with Crippen molar-refractivity contribution in [2.75, 3.05) is 14.1 Å². The molecule has 0 saturated carbocycles. The van der Waals surface area contributed by atoms with Crippen LogP contribution in [-0.2, 0) is 19.6 Å². The molecule has 0 aromatic heterocycles. The highest BCUT2D eigenvalue weighted by Gasteiger charge is 2.25. The van der Waals surface area contributed by atoms with Crippen LogP contribution in [-0.4, -0.2) is 36.6 Å². The van der Waals surface area contributed by atoms with Gasteiger partial charge in [0.2, 0.25) is 0 Å². The third-order valence-corrected chi connectivity index (χ3v) is 2.84. The molecule has 0 unspecified atom stereocenters. The van der Waals surface area contributed by atoms with E-state index in [0.717, 1.165) is 12.8 Å². The second kappa shape index (κ2) is 7.40. The summed E-state index contributed by atoms with van der Waals surface area (Å²) in [6.07, 6.45) is 0.991. The molecule has 5 nitrogen and oxygen atoms in total. The molecule has 110 valence electrons. The van der Waals surface area contributed by atoms with Gasteiger partial charge in [0.1, 0.15) is 0 Å². The van der Waals surface area contributed by atoms with Crippen molar-refractivity contribution in [2.45, 2.75) is 72.0 Å². The average Bonchev–Trinajstić information content (AvgIpc) is 2.28. The lowest BCUT2D eigenvalue weighted by Gasteiger charge is -2.30. The average molecular weight is 263 g/mol. The Kier molecular flexibility index (Phi) is 7.32. The molecule has 0 aromatic carbocycles. The van der Waals surface area contributed by atoms with Gasteiger partial charge in [-0.1, -0.05) is 13.8 Å². The van der Waals surface area contributed by atoms with Gasteiger partial charge in [0, 0.05) is 0 Å². The van der Waals surface area contributed by atoms with E-state index in [0.29, 0.717) is 0 Å². The topological polar surface area (TPSA) is 40.2 Å². The monoisotopic (exact) mass is 263 g/mol. The number of hydrogen-bond donors (Lipinski definition) is 0. The van der Waals surface area contributed by atoms with Crippen LogP contribution in [0.15, 0.2) is 0 Å². The zero-order valence-electron chi connectivity index (χ0n) is 13.1. The summed E-state index contributed by atoms with van der Waals surface area (Å²) >= 11 is 0. The predicted molar refractivity (Wildman–Crippen MR) is 70.6 cm³/mol. The Hall–Kier alpha value is -0.200. The van der Waals surface area contributed by atoms with Crippen LogP contribution in [0.4, 0.5) is 0 Å². The third kappa shape index (κ3) is 7.28. The molecule has 0 atom stereocenters. The van der Waals surface area contributed by atoms with Gasteiger partial charge in [-0.15, -0.1) is 0 Å². The molecule has 0 spiro atoms. The molecule has 0 heterocycles. The lowest BCUT2D eigenvalue weighted by Crippen LogP contribution is -2.39. The smallest absolute Gasteiger partial charge is 0.257 e. The fraction of sp³-hybridized carbons (Fsp3) is 1.00. The van der Waals surface area contributed by atoms with Crippen molar-refractivity contribution in [3.8, 4) is 0 Å². The second-order valence-corrected chi connectivity index (χ2v) is 5.86. The maximum absolute atomic E-state index is 5.35. The molecule has 0 N–H and O–H groups in total. The summed E-state index contributed by atoms with van der Waals surface area (Å²) in [5.41, 5.74) is -0.699. The van der Waals surface area contributed by atoms with E-state index in [-0.39, 0.29) is 11.2 Å². The van der Waals surface area contributed by atoms with Gasteiger partial charge in [-0.2, -0.15) is 9.78 Å². The summed E-state index contributed by atoms with van der Waals surface area (Å²) < 4.78 is 0. The Morgan fingerprint density at radius 2 is 1.17 bits per heavy atom. The first-order valence-corrected chi connectivity index (χ1v) is 6.49. The van der Waals surface area contributed by atoms with Crippen LogP contribution < -0.4 is 0 Å². The van der Waals surface area contributed by atoms with Crippen molar-refractivity contribution in [1.29, 1.82) is 0 Å². The fourth-order valence-corrected chi connectivity index (χ4v) is 0.649. The van der Waals surface area contributed by atoms with E-state index in [1.54, 1.807) is 4.90 Å². The Balaban J connectivity index is 4.25. The standard InChI is InChI=1S/C13H29NO4/c1-9-12(3,4)17-15-11(14(7)8)16-18-13(5,6)10-2/h11H,9-10H2,1-8H3. The van der Waals surface area contributed by atoms with Crippen LogP contribution in [0, 0.1) is 0 Å². The minimum Gasteiger partial charge on any atom is -0.257 e. The molecule has 0 saturated heterocycles. The summed E-state index contributed by atoms with van der Waals surface area (Å²) in [5, 5.41) is 0. The first-order chi connectivity index (χ1) is 8.13. The van der Waals surface area contributed by atoms with Crippen LogP contribution >= 0.6 is 0 Å². The van der Waals surface area contributed by atoms with E-state index in [9.17, 15) is 0 Å². The number of hydrogen-bond acceptors (Lipinski definition) is 5. The van der Waals surface area contributed by atoms with Gasteiger partial charge < -0.3 is 0 Å². The largest absolute Gasteiger partial charge is 0.279 e. The lowest BCUT2D eigenvalue weighted by atomic mass is 10.1. The van der Waals surface area contributed by atoms with Gasteiger partial charge in [-0.3, -0.25) is 4.90 Å². The first-order valence-electron chi connectivity index (χ1n) is 6.49. The Morgan fingerprint density at radius 3 is 1.39 bits per heavy atom.